The molecule has 0 bridgehead atoms. The molecule has 54 valence electrons. The summed E-state index contributed by atoms with van der Waals surface area (Å²) in [5.41, 5.74) is 6.14. The summed E-state index contributed by atoms with van der Waals surface area (Å²) in [6.45, 7) is 2.14. The zero-order valence-electron chi connectivity index (χ0n) is 6.09. The maximum atomic E-state index is 7.11. The van der Waals surface area contributed by atoms with Gasteiger partial charge in [0.1, 0.15) is 5.84 Å². The topological polar surface area (TPSA) is 49.9 Å². The Morgan fingerprint density at radius 3 is 2.90 bits per heavy atom. The third kappa shape index (κ3) is 1.47. The van der Waals surface area contributed by atoms with Crippen molar-refractivity contribution in [2.45, 2.75) is 13.3 Å². The van der Waals surface area contributed by atoms with Crippen molar-refractivity contribution in [3.8, 4) is 0 Å². The Morgan fingerprint density at radius 1 is 1.80 bits per heavy atom. The molecule has 1 atom stereocenters. The molecule has 2 nitrogen and oxygen atoms in total. The van der Waals surface area contributed by atoms with Crippen molar-refractivity contribution >= 4 is 5.84 Å². The number of hydrogen-bond acceptors (Lipinski definition) is 1. The smallest absolute Gasteiger partial charge is 0.122 e. The number of rotatable bonds is 1. The van der Waals surface area contributed by atoms with Gasteiger partial charge in [-0.2, -0.15) is 0 Å². The highest BCUT2D eigenvalue weighted by atomic mass is 14.7. The van der Waals surface area contributed by atoms with E-state index in [1.165, 1.54) is 0 Å². The molecule has 0 saturated carbocycles. The summed E-state index contributed by atoms with van der Waals surface area (Å²) in [4.78, 5) is 0. The minimum absolute atomic E-state index is 0.170. The van der Waals surface area contributed by atoms with Crippen LogP contribution in [-0.4, -0.2) is 5.84 Å². The Balaban J connectivity index is 2.67. The molecule has 1 rings (SSSR count). The van der Waals surface area contributed by atoms with E-state index in [2.05, 4.69) is 13.0 Å². The number of nitrogens with one attached hydrogen (secondary N) is 1. The Morgan fingerprint density at radius 2 is 2.50 bits per heavy atom. The number of amidine groups is 1. The lowest BCUT2D eigenvalue weighted by atomic mass is 9.98. The van der Waals surface area contributed by atoms with Gasteiger partial charge in [0.2, 0.25) is 0 Å². The van der Waals surface area contributed by atoms with Crippen LogP contribution in [-0.2, 0) is 0 Å². The molecule has 0 aromatic rings. The minimum Gasteiger partial charge on any atom is -0.384 e. The largest absolute Gasteiger partial charge is 0.384 e. The van der Waals surface area contributed by atoms with Crippen LogP contribution in [0.25, 0.3) is 0 Å². The van der Waals surface area contributed by atoms with Crippen molar-refractivity contribution in [1.82, 2.24) is 0 Å². The van der Waals surface area contributed by atoms with E-state index in [9.17, 15) is 0 Å². The van der Waals surface area contributed by atoms with Gasteiger partial charge in [0, 0.05) is 5.57 Å². The van der Waals surface area contributed by atoms with E-state index >= 15 is 0 Å². The fourth-order valence-corrected chi connectivity index (χ4v) is 0.927. The maximum Gasteiger partial charge on any atom is 0.122 e. The quantitative estimate of drug-likeness (QED) is 0.416. The average molecular weight is 136 g/mol. The van der Waals surface area contributed by atoms with Crippen LogP contribution in [0.2, 0.25) is 0 Å². The highest BCUT2D eigenvalue weighted by Gasteiger charge is 2.03. The normalized spacial score (nSPS) is 24.1. The number of hydrogen-bond donors (Lipinski definition) is 2. The zero-order chi connectivity index (χ0) is 7.56. The Hall–Kier alpha value is -1.05. The van der Waals surface area contributed by atoms with Crippen LogP contribution in [0.1, 0.15) is 13.3 Å². The van der Waals surface area contributed by atoms with Gasteiger partial charge in [-0.3, -0.25) is 5.41 Å². The van der Waals surface area contributed by atoms with Gasteiger partial charge in [-0.1, -0.05) is 25.2 Å². The van der Waals surface area contributed by atoms with Gasteiger partial charge >= 0.3 is 0 Å². The lowest BCUT2D eigenvalue weighted by Crippen LogP contribution is -2.13. The van der Waals surface area contributed by atoms with E-state index in [1.54, 1.807) is 0 Å². The van der Waals surface area contributed by atoms with Gasteiger partial charge in [0.15, 0.2) is 0 Å². The predicted molar refractivity (Wildman–Crippen MR) is 42.9 cm³/mol. The average Bonchev–Trinajstić information content (AvgIpc) is 1.88. The zero-order valence-corrected chi connectivity index (χ0v) is 6.09. The first-order chi connectivity index (χ1) is 4.70. The van der Waals surface area contributed by atoms with Crippen molar-refractivity contribution in [3.05, 3.63) is 23.8 Å². The molecule has 0 radical (unpaired) electrons. The molecular weight excluding hydrogens is 124 g/mol. The number of allylic oxidation sites excluding steroid dienone is 2. The predicted octanol–water partition coefficient (Wildman–Crippen LogP) is 1.44. The SMILES string of the molecule is CC1C=CC(C(=N)N)=CC1. The number of nitrogens with two attached hydrogens (primary N) is 1. The summed E-state index contributed by atoms with van der Waals surface area (Å²) in [5.74, 6) is 0.770. The van der Waals surface area contributed by atoms with Crippen molar-refractivity contribution in [2.24, 2.45) is 11.7 Å². The first-order valence-electron chi connectivity index (χ1n) is 3.43. The first-order valence-corrected chi connectivity index (χ1v) is 3.43. The van der Waals surface area contributed by atoms with E-state index in [-0.39, 0.29) is 5.84 Å². The first kappa shape index (κ1) is 7.06. The highest BCUT2D eigenvalue weighted by molar-refractivity contribution is 5.97. The van der Waals surface area contributed by atoms with Gasteiger partial charge in [-0.25, -0.2) is 0 Å². The standard InChI is InChI=1S/C8H12N2/c1-6-2-4-7(5-3-6)8(9)10/h2,4-6H,3H2,1H3,(H3,9,10). The third-order valence-corrected chi connectivity index (χ3v) is 1.62. The van der Waals surface area contributed by atoms with Gasteiger partial charge in [-0.15, -0.1) is 0 Å². The summed E-state index contributed by atoms with van der Waals surface area (Å²) >= 11 is 0. The maximum absolute atomic E-state index is 7.11. The summed E-state index contributed by atoms with van der Waals surface area (Å²) < 4.78 is 0. The second kappa shape index (κ2) is 2.69. The minimum atomic E-state index is 0.170. The molecule has 0 aliphatic heterocycles. The van der Waals surface area contributed by atoms with E-state index in [4.69, 9.17) is 11.1 Å². The monoisotopic (exact) mass is 136 g/mol. The second-order valence-electron chi connectivity index (χ2n) is 2.65. The van der Waals surface area contributed by atoms with Gasteiger partial charge in [0.25, 0.3) is 0 Å². The van der Waals surface area contributed by atoms with Crippen LogP contribution >= 0.6 is 0 Å². The molecule has 0 saturated heterocycles. The summed E-state index contributed by atoms with van der Waals surface area (Å²) in [6, 6.07) is 0. The molecule has 1 aliphatic rings. The Bertz CT molecular complexity index is 201. The molecule has 3 N–H and O–H groups in total. The van der Waals surface area contributed by atoms with E-state index < -0.39 is 0 Å². The van der Waals surface area contributed by atoms with Crippen LogP contribution in [0.5, 0.6) is 0 Å². The summed E-state index contributed by atoms with van der Waals surface area (Å²) in [5, 5.41) is 7.11. The van der Waals surface area contributed by atoms with Gasteiger partial charge in [-0.05, 0) is 12.3 Å². The van der Waals surface area contributed by atoms with Crippen molar-refractivity contribution < 1.29 is 0 Å². The van der Waals surface area contributed by atoms with E-state index in [0.717, 1.165) is 12.0 Å². The molecule has 0 fully saturated rings. The molecule has 0 aromatic heterocycles. The van der Waals surface area contributed by atoms with E-state index in [0.29, 0.717) is 5.92 Å². The van der Waals surface area contributed by atoms with Crippen molar-refractivity contribution in [2.75, 3.05) is 0 Å². The summed E-state index contributed by atoms with van der Waals surface area (Å²) in [6.07, 6.45) is 7.01. The van der Waals surface area contributed by atoms with E-state index in [1.807, 2.05) is 12.2 Å². The lowest BCUT2D eigenvalue weighted by Gasteiger charge is -2.09. The Labute approximate surface area is 60.9 Å². The van der Waals surface area contributed by atoms with Crippen molar-refractivity contribution in [3.63, 3.8) is 0 Å². The van der Waals surface area contributed by atoms with Gasteiger partial charge in [0.05, 0.1) is 0 Å². The van der Waals surface area contributed by atoms with Crippen LogP contribution in [0.15, 0.2) is 23.8 Å². The molecule has 2 heteroatoms. The molecule has 1 aliphatic carbocycles. The van der Waals surface area contributed by atoms with Crippen LogP contribution in [0, 0.1) is 11.3 Å². The highest BCUT2D eigenvalue weighted by Crippen LogP contribution is 2.14. The second-order valence-corrected chi connectivity index (χ2v) is 2.65. The lowest BCUT2D eigenvalue weighted by molar-refractivity contribution is 0.734. The van der Waals surface area contributed by atoms with Crippen LogP contribution in [0.4, 0.5) is 0 Å². The molecule has 1 unspecified atom stereocenters. The molecular formula is C8H12N2. The third-order valence-electron chi connectivity index (χ3n) is 1.62. The van der Waals surface area contributed by atoms with Crippen LogP contribution < -0.4 is 5.73 Å². The molecule has 0 aromatic carbocycles. The fourth-order valence-electron chi connectivity index (χ4n) is 0.927. The fraction of sp³-hybridized carbons (Fsp3) is 0.375. The summed E-state index contributed by atoms with van der Waals surface area (Å²) in [7, 11) is 0. The molecule has 0 heterocycles. The van der Waals surface area contributed by atoms with Crippen LogP contribution in [0.3, 0.4) is 0 Å². The van der Waals surface area contributed by atoms with Gasteiger partial charge < -0.3 is 5.73 Å². The Kier molecular flexibility index (Phi) is 1.90. The van der Waals surface area contributed by atoms with Crippen molar-refractivity contribution in [1.29, 1.82) is 5.41 Å². The molecule has 10 heavy (non-hydrogen) atoms. The molecule has 0 spiro atoms. The molecule has 0 amide bonds.